The average molecular weight is 154 g/mol. The standard InChI is InChI=1S/C5H11NS.ClH/c1-2-3-5(6)4-7;/h6-7H,2-4H2,1H3;1H. The molecule has 3 heteroatoms. The van der Waals surface area contributed by atoms with Crippen LogP contribution in [0.3, 0.4) is 0 Å². The number of nitrogens with two attached hydrogens (primary N) is 1. The summed E-state index contributed by atoms with van der Waals surface area (Å²) in [4.78, 5) is 0. The fourth-order valence-electron chi connectivity index (χ4n) is 0.400. The summed E-state index contributed by atoms with van der Waals surface area (Å²) in [6.07, 6.45) is 2.15. The molecule has 0 aliphatic carbocycles. The highest BCUT2D eigenvalue weighted by Crippen LogP contribution is 1.86. The molecule has 0 aromatic carbocycles. The maximum Gasteiger partial charge on any atom is 0.158 e. The molecule has 0 heterocycles. The quantitative estimate of drug-likeness (QED) is 0.318. The lowest BCUT2D eigenvalue weighted by Crippen LogP contribution is -3.00. The monoisotopic (exact) mass is 153 g/mol. The van der Waals surface area contributed by atoms with Gasteiger partial charge in [-0.25, -0.2) is 0 Å². The minimum Gasteiger partial charge on any atom is -1.00 e. The van der Waals surface area contributed by atoms with Crippen molar-refractivity contribution in [1.82, 2.24) is 0 Å². The molecule has 8 heavy (non-hydrogen) atoms. The minimum atomic E-state index is 0. The predicted molar refractivity (Wildman–Crippen MR) is 35.7 cm³/mol. The number of rotatable bonds is 3. The Labute approximate surface area is 62.2 Å². The molecular weight excluding hydrogens is 142 g/mol. The molecule has 2 N–H and O–H groups in total. The van der Waals surface area contributed by atoms with Crippen LogP contribution in [0.1, 0.15) is 19.8 Å². The second-order valence-corrected chi connectivity index (χ2v) is 1.88. The third kappa shape index (κ3) is 6.31. The Morgan fingerprint density at radius 1 is 1.62 bits per heavy atom. The lowest BCUT2D eigenvalue weighted by molar-refractivity contribution is -0.116. The maximum absolute atomic E-state index is 5.42. The summed E-state index contributed by atoms with van der Waals surface area (Å²) in [6, 6.07) is 0. The van der Waals surface area contributed by atoms with Crippen molar-refractivity contribution in [2.45, 2.75) is 19.8 Å². The van der Waals surface area contributed by atoms with Crippen molar-refractivity contribution >= 4 is 18.3 Å². The number of halogens is 1. The SMILES string of the molecule is CCCC(=[NH2+])CS.[Cl-]. The molecule has 0 spiro atoms. The van der Waals surface area contributed by atoms with Crippen LogP contribution in [0.15, 0.2) is 0 Å². The van der Waals surface area contributed by atoms with Crippen molar-refractivity contribution in [2.75, 3.05) is 5.75 Å². The highest BCUT2D eigenvalue weighted by Gasteiger charge is 1.93. The summed E-state index contributed by atoms with van der Waals surface area (Å²) in [5.74, 6) is 0.730. The molecule has 0 aromatic rings. The molecule has 0 radical (unpaired) electrons. The van der Waals surface area contributed by atoms with E-state index in [-0.39, 0.29) is 12.4 Å². The van der Waals surface area contributed by atoms with E-state index < -0.39 is 0 Å². The van der Waals surface area contributed by atoms with E-state index in [0.717, 1.165) is 24.3 Å². The van der Waals surface area contributed by atoms with E-state index in [2.05, 4.69) is 19.6 Å². The number of hydrogen-bond donors (Lipinski definition) is 2. The van der Waals surface area contributed by atoms with Crippen molar-refractivity contribution in [3.8, 4) is 0 Å². The molecule has 0 saturated carbocycles. The largest absolute Gasteiger partial charge is 1.00 e. The Morgan fingerprint density at radius 3 is 2.25 bits per heavy atom. The van der Waals surface area contributed by atoms with Gasteiger partial charge in [0.05, 0.1) is 5.75 Å². The summed E-state index contributed by atoms with van der Waals surface area (Å²) in [5, 5.41) is 5.42. The van der Waals surface area contributed by atoms with Crippen molar-refractivity contribution in [3.05, 3.63) is 0 Å². The highest BCUT2D eigenvalue weighted by molar-refractivity contribution is 7.81. The van der Waals surface area contributed by atoms with Gasteiger partial charge in [-0.05, 0) is 6.42 Å². The van der Waals surface area contributed by atoms with Gasteiger partial charge < -0.3 is 12.4 Å². The third-order valence-corrected chi connectivity index (χ3v) is 1.18. The van der Waals surface area contributed by atoms with Gasteiger partial charge in [-0.2, -0.15) is 12.6 Å². The van der Waals surface area contributed by atoms with Crippen molar-refractivity contribution in [3.63, 3.8) is 0 Å². The predicted octanol–water partition coefficient (Wildman–Crippen LogP) is -3.08. The fraction of sp³-hybridized carbons (Fsp3) is 0.800. The average Bonchev–Trinajstić information content (AvgIpc) is 1.68. The fourth-order valence-corrected chi connectivity index (χ4v) is 0.558. The van der Waals surface area contributed by atoms with Crippen LogP contribution in [0.2, 0.25) is 0 Å². The first-order chi connectivity index (χ1) is 3.31. The van der Waals surface area contributed by atoms with Gasteiger partial charge in [0.15, 0.2) is 5.71 Å². The zero-order valence-corrected chi connectivity index (χ0v) is 6.67. The zero-order chi connectivity index (χ0) is 5.70. The molecule has 0 rings (SSSR count). The van der Waals surface area contributed by atoms with Crippen LogP contribution in [0, 0.1) is 0 Å². The first-order valence-corrected chi connectivity index (χ1v) is 3.15. The van der Waals surface area contributed by atoms with Gasteiger partial charge in [0.2, 0.25) is 0 Å². The number of hydrogen-bond acceptors (Lipinski definition) is 1. The van der Waals surface area contributed by atoms with Crippen molar-refractivity contribution < 1.29 is 17.8 Å². The maximum atomic E-state index is 5.42. The second kappa shape index (κ2) is 7.31. The van der Waals surface area contributed by atoms with Gasteiger partial charge >= 0.3 is 0 Å². The second-order valence-electron chi connectivity index (χ2n) is 1.57. The summed E-state index contributed by atoms with van der Waals surface area (Å²) in [6.45, 7) is 2.11. The molecule has 0 amide bonds. The highest BCUT2D eigenvalue weighted by atomic mass is 35.5. The number of thiol groups is 1. The van der Waals surface area contributed by atoms with E-state index in [4.69, 9.17) is 5.41 Å². The first kappa shape index (κ1) is 11.2. The van der Waals surface area contributed by atoms with Gasteiger partial charge in [-0.15, -0.1) is 0 Å². The van der Waals surface area contributed by atoms with E-state index in [1.165, 1.54) is 0 Å². The summed E-state index contributed by atoms with van der Waals surface area (Å²) >= 11 is 3.99. The summed E-state index contributed by atoms with van der Waals surface area (Å²) in [7, 11) is 0. The van der Waals surface area contributed by atoms with Crippen LogP contribution in [0.5, 0.6) is 0 Å². The van der Waals surface area contributed by atoms with Crippen LogP contribution < -0.4 is 17.8 Å². The smallest absolute Gasteiger partial charge is 0.158 e. The Kier molecular flexibility index (Phi) is 10.2. The molecule has 50 valence electrons. The normalized spacial score (nSPS) is 7.75. The Balaban J connectivity index is 0. The molecule has 0 unspecified atom stereocenters. The first-order valence-electron chi connectivity index (χ1n) is 2.52. The van der Waals surface area contributed by atoms with E-state index in [1.807, 2.05) is 0 Å². The van der Waals surface area contributed by atoms with Crippen molar-refractivity contribution in [2.24, 2.45) is 0 Å². The van der Waals surface area contributed by atoms with Gasteiger partial charge in [0.1, 0.15) is 0 Å². The van der Waals surface area contributed by atoms with Crippen LogP contribution in [0.25, 0.3) is 0 Å². The third-order valence-electron chi connectivity index (χ3n) is 0.774. The van der Waals surface area contributed by atoms with Gasteiger partial charge in [0, 0.05) is 6.42 Å². The van der Waals surface area contributed by atoms with E-state index in [9.17, 15) is 0 Å². The molecule has 0 atom stereocenters. The Morgan fingerprint density at radius 2 is 2.12 bits per heavy atom. The lowest BCUT2D eigenvalue weighted by atomic mass is 10.2. The molecular formula is C5H12ClNS. The summed E-state index contributed by atoms with van der Waals surface area (Å²) in [5.41, 5.74) is 0.992. The van der Waals surface area contributed by atoms with E-state index >= 15 is 0 Å². The topological polar surface area (TPSA) is 25.6 Å². The Hall–Kier alpha value is 0.310. The molecule has 0 aromatic heterocycles. The van der Waals surface area contributed by atoms with Gasteiger partial charge in [-0.3, -0.25) is 5.41 Å². The van der Waals surface area contributed by atoms with Crippen LogP contribution in [0.4, 0.5) is 0 Å². The molecule has 0 bridgehead atoms. The molecule has 0 saturated heterocycles. The zero-order valence-electron chi connectivity index (χ0n) is 5.02. The van der Waals surface area contributed by atoms with E-state index in [0.29, 0.717) is 0 Å². The molecule has 0 fully saturated rings. The van der Waals surface area contributed by atoms with E-state index in [1.54, 1.807) is 0 Å². The Bertz CT molecular complexity index is 65.4. The summed E-state index contributed by atoms with van der Waals surface area (Å²) < 4.78 is 0. The van der Waals surface area contributed by atoms with Crippen LogP contribution in [-0.2, 0) is 0 Å². The molecule has 0 aliphatic rings. The molecule has 1 nitrogen and oxygen atoms in total. The minimum absolute atomic E-state index is 0. The molecule has 0 aliphatic heterocycles. The van der Waals surface area contributed by atoms with Crippen molar-refractivity contribution in [1.29, 1.82) is 0 Å². The van der Waals surface area contributed by atoms with Crippen LogP contribution in [-0.4, -0.2) is 11.5 Å². The van der Waals surface area contributed by atoms with Gasteiger partial charge in [0.25, 0.3) is 0 Å². The van der Waals surface area contributed by atoms with Crippen LogP contribution >= 0.6 is 12.6 Å². The lowest BCUT2D eigenvalue weighted by Gasteiger charge is -1.85. The van der Waals surface area contributed by atoms with Gasteiger partial charge in [-0.1, -0.05) is 6.92 Å².